The first kappa shape index (κ1) is 27.2. The standard InChI is InChI=1S/C27H33N3O8/c1-5-7-30(6-2)26(37)15-11-16(29(3)4)14-9-12-8-13-10-17(31)20(25(28)36)24(35)27(13,38)23(34)18(12)22(33)19(14)21(15)32/h11-13,32-33,35,38H,5-10H2,1-4H3,(H2,28,36)/t12-,13+,27+/m1/s1. The zero-order chi connectivity index (χ0) is 28.3. The molecule has 1 fully saturated rings. The van der Waals surface area contributed by atoms with Crippen molar-refractivity contribution < 1.29 is 39.6 Å². The van der Waals surface area contributed by atoms with E-state index in [4.69, 9.17) is 5.73 Å². The van der Waals surface area contributed by atoms with Crippen molar-refractivity contribution in [3.05, 3.63) is 39.7 Å². The summed E-state index contributed by atoms with van der Waals surface area (Å²) in [6.45, 7) is 4.59. The fraction of sp³-hybridized carbons (Fsp3) is 0.481. The summed E-state index contributed by atoms with van der Waals surface area (Å²) in [7, 11) is 3.50. The number of rotatable bonds is 6. The molecule has 0 heterocycles. The molecule has 6 N–H and O–H groups in total. The number of phenols is 1. The van der Waals surface area contributed by atoms with Crippen LogP contribution in [0.25, 0.3) is 5.76 Å². The second-order valence-corrected chi connectivity index (χ2v) is 10.3. The van der Waals surface area contributed by atoms with Crippen molar-refractivity contribution in [1.29, 1.82) is 0 Å². The number of aromatic hydroxyl groups is 1. The van der Waals surface area contributed by atoms with Crippen LogP contribution in [-0.2, 0) is 20.8 Å². The van der Waals surface area contributed by atoms with Crippen molar-refractivity contribution in [1.82, 2.24) is 4.90 Å². The summed E-state index contributed by atoms with van der Waals surface area (Å²) in [6, 6.07) is 1.56. The molecule has 11 heteroatoms. The maximum absolute atomic E-state index is 13.7. The van der Waals surface area contributed by atoms with Crippen LogP contribution in [0.1, 0.15) is 54.6 Å². The Labute approximate surface area is 219 Å². The third-order valence-corrected chi connectivity index (χ3v) is 7.91. The lowest BCUT2D eigenvalue weighted by atomic mass is 9.59. The van der Waals surface area contributed by atoms with Crippen LogP contribution in [0, 0.1) is 11.8 Å². The van der Waals surface area contributed by atoms with Gasteiger partial charge in [0.15, 0.2) is 11.4 Å². The van der Waals surface area contributed by atoms with Crippen molar-refractivity contribution >= 4 is 34.8 Å². The number of hydrogen-bond acceptors (Lipinski definition) is 9. The molecule has 1 saturated carbocycles. The van der Waals surface area contributed by atoms with E-state index in [9.17, 15) is 39.6 Å². The van der Waals surface area contributed by atoms with Gasteiger partial charge >= 0.3 is 0 Å². The molecular formula is C27H33N3O8. The van der Waals surface area contributed by atoms with Gasteiger partial charge in [0.05, 0.1) is 11.1 Å². The number of ketones is 2. The van der Waals surface area contributed by atoms with Gasteiger partial charge in [-0.3, -0.25) is 19.2 Å². The molecule has 3 atom stereocenters. The Morgan fingerprint density at radius 1 is 1.13 bits per heavy atom. The summed E-state index contributed by atoms with van der Waals surface area (Å²) in [5.74, 6) is -7.49. The third-order valence-electron chi connectivity index (χ3n) is 7.91. The van der Waals surface area contributed by atoms with E-state index >= 15 is 0 Å². The summed E-state index contributed by atoms with van der Waals surface area (Å²) in [5, 5.41) is 44.8. The summed E-state index contributed by atoms with van der Waals surface area (Å²) >= 11 is 0. The van der Waals surface area contributed by atoms with Gasteiger partial charge in [-0.05, 0) is 43.7 Å². The smallest absolute Gasteiger partial charge is 0.257 e. The maximum Gasteiger partial charge on any atom is 0.257 e. The number of phenolic OH excluding ortho intramolecular Hbond substituents is 1. The Balaban J connectivity index is 1.95. The van der Waals surface area contributed by atoms with Crippen molar-refractivity contribution in [2.45, 2.75) is 45.1 Å². The first-order valence-electron chi connectivity index (χ1n) is 12.6. The SMILES string of the molecule is CCCN(CC)C(=O)c1cc(N(C)C)c2c(c1O)C(O)=C1C(=O)[C@]3(O)C(O)=C(C(N)=O)C(=O)C[C@@H]3C[C@@H]1C2. The van der Waals surface area contributed by atoms with E-state index in [-0.39, 0.29) is 36.0 Å². The van der Waals surface area contributed by atoms with Crippen LogP contribution >= 0.6 is 0 Å². The summed E-state index contributed by atoms with van der Waals surface area (Å²) < 4.78 is 0. The molecule has 1 aromatic rings. The second-order valence-electron chi connectivity index (χ2n) is 10.3. The first-order chi connectivity index (χ1) is 17.8. The molecular weight excluding hydrogens is 494 g/mol. The first-order valence-corrected chi connectivity index (χ1v) is 12.6. The number of nitrogens with two attached hydrogens (primary N) is 1. The highest BCUT2D eigenvalue weighted by molar-refractivity contribution is 6.22. The molecule has 1 aromatic carbocycles. The number of fused-ring (bicyclic) bond motifs is 3. The topological polar surface area (TPSA) is 182 Å². The van der Waals surface area contributed by atoms with E-state index in [1.807, 2.05) is 13.8 Å². The zero-order valence-corrected chi connectivity index (χ0v) is 21.9. The van der Waals surface area contributed by atoms with Crippen LogP contribution in [0.3, 0.4) is 0 Å². The average Bonchev–Trinajstić information content (AvgIpc) is 2.84. The zero-order valence-electron chi connectivity index (χ0n) is 21.9. The van der Waals surface area contributed by atoms with Gasteiger partial charge in [0.25, 0.3) is 11.8 Å². The van der Waals surface area contributed by atoms with E-state index in [0.29, 0.717) is 30.8 Å². The normalized spacial score (nSPS) is 24.6. The van der Waals surface area contributed by atoms with E-state index in [0.717, 1.165) is 0 Å². The van der Waals surface area contributed by atoms with E-state index in [1.54, 1.807) is 30.0 Å². The second kappa shape index (κ2) is 9.46. The van der Waals surface area contributed by atoms with E-state index in [1.165, 1.54) is 0 Å². The lowest BCUT2D eigenvalue weighted by molar-refractivity contribution is -0.147. The quantitative estimate of drug-likeness (QED) is 0.341. The van der Waals surface area contributed by atoms with Crippen LogP contribution in [0.2, 0.25) is 0 Å². The third kappa shape index (κ3) is 3.75. The molecule has 2 amide bonds. The van der Waals surface area contributed by atoms with Crippen LogP contribution in [-0.4, -0.2) is 81.5 Å². The molecule has 0 saturated heterocycles. The minimum absolute atomic E-state index is 0.0390. The molecule has 0 spiro atoms. The number of hydrogen-bond donors (Lipinski definition) is 5. The van der Waals surface area contributed by atoms with Crippen LogP contribution in [0.4, 0.5) is 5.69 Å². The molecule has 204 valence electrons. The highest BCUT2D eigenvalue weighted by Gasteiger charge is 2.60. The van der Waals surface area contributed by atoms with Gasteiger partial charge in [-0.25, -0.2) is 0 Å². The molecule has 0 radical (unpaired) electrons. The van der Waals surface area contributed by atoms with E-state index in [2.05, 4.69) is 0 Å². The van der Waals surface area contributed by atoms with Crippen LogP contribution < -0.4 is 10.6 Å². The lowest BCUT2D eigenvalue weighted by Gasteiger charge is -2.46. The molecule has 38 heavy (non-hydrogen) atoms. The number of benzene rings is 1. The molecule has 3 aliphatic rings. The highest BCUT2D eigenvalue weighted by atomic mass is 16.3. The number of carbonyl (C=O) groups excluding carboxylic acids is 4. The molecule has 4 rings (SSSR count). The minimum Gasteiger partial charge on any atom is -0.508 e. The number of aliphatic hydroxyl groups excluding tert-OH is 2. The minimum atomic E-state index is -2.64. The largest absolute Gasteiger partial charge is 0.508 e. The number of anilines is 1. The van der Waals surface area contributed by atoms with Crippen molar-refractivity contribution in [2.24, 2.45) is 17.6 Å². The molecule has 0 unspecified atom stereocenters. The Morgan fingerprint density at radius 3 is 2.34 bits per heavy atom. The van der Waals surface area contributed by atoms with E-state index < -0.39 is 63.7 Å². The van der Waals surface area contributed by atoms with Gasteiger partial charge in [0.2, 0.25) is 5.78 Å². The van der Waals surface area contributed by atoms with Crippen LogP contribution in [0.15, 0.2) is 23.0 Å². The van der Waals surface area contributed by atoms with Gasteiger partial charge in [-0.2, -0.15) is 0 Å². The fourth-order valence-electron chi connectivity index (χ4n) is 6.07. The Hall–Kier alpha value is -3.86. The lowest BCUT2D eigenvalue weighted by Crippen LogP contribution is -2.58. The monoisotopic (exact) mass is 527 g/mol. The predicted octanol–water partition coefficient (Wildman–Crippen LogP) is 1.36. The highest BCUT2D eigenvalue weighted by Crippen LogP contribution is 2.53. The number of amides is 2. The number of aliphatic hydroxyl groups is 3. The number of Topliss-reactive ketones (excluding diaryl/α,β-unsaturated/α-hetero) is 2. The average molecular weight is 528 g/mol. The number of carbonyl (C=O) groups is 4. The van der Waals surface area contributed by atoms with Crippen molar-refractivity contribution in [2.75, 3.05) is 32.1 Å². The summed E-state index contributed by atoms with van der Waals surface area (Å²) in [5.41, 5.74) is 2.43. The van der Waals surface area contributed by atoms with Crippen molar-refractivity contribution in [3.8, 4) is 5.75 Å². The van der Waals surface area contributed by atoms with Gasteiger partial charge < -0.3 is 36.0 Å². The van der Waals surface area contributed by atoms with Gasteiger partial charge in [0.1, 0.15) is 22.8 Å². The van der Waals surface area contributed by atoms with Crippen LogP contribution in [0.5, 0.6) is 5.75 Å². The number of primary amides is 1. The number of nitrogens with zero attached hydrogens (tertiary/aromatic N) is 2. The van der Waals surface area contributed by atoms with Gasteiger partial charge in [-0.15, -0.1) is 0 Å². The van der Waals surface area contributed by atoms with Gasteiger partial charge in [0, 0.05) is 50.8 Å². The fourth-order valence-corrected chi connectivity index (χ4v) is 6.07. The Bertz CT molecular complexity index is 1330. The Morgan fingerprint density at radius 2 is 1.79 bits per heavy atom. The summed E-state index contributed by atoms with van der Waals surface area (Å²) in [6.07, 6.45) is 0.517. The molecule has 0 aliphatic heterocycles. The molecule has 0 aromatic heterocycles. The summed E-state index contributed by atoms with van der Waals surface area (Å²) in [4.78, 5) is 54.7. The Kier molecular flexibility index (Phi) is 6.77. The predicted molar refractivity (Wildman–Crippen MR) is 138 cm³/mol. The molecule has 11 nitrogen and oxygen atoms in total. The molecule has 3 aliphatic carbocycles. The van der Waals surface area contributed by atoms with Crippen molar-refractivity contribution in [3.63, 3.8) is 0 Å². The maximum atomic E-state index is 13.7. The van der Waals surface area contributed by atoms with Gasteiger partial charge in [-0.1, -0.05) is 6.92 Å². The molecule has 0 bridgehead atoms.